The Morgan fingerprint density at radius 2 is 1.89 bits per heavy atom. The smallest absolute Gasteiger partial charge is 0.0587 e. The van der Waals surface area contributed by atoms with Crippen molar-refractivity contribution in [2.24, 2.45) is 5.92 Å². The molecule has 0 amide bonds. The van der Waals surface area contributed by atoms with E-state index in [4.69, 9.17) is 4.74 Å². The van der Waals surface area contributed by atoms with E-state index in [0.29, 0.717) is 5.41 Å². The summed E-state index contributed by atoms with van der Waals surface area (Å²) in [5.41, 5.74) is 1.84. The molecular formula is C17H27NO. The zero-order chi connectivity index (χ0) is 13.6. The molecule has 0 spiro atoms. The number of methoxy groups -OCH3 is 1. The van der Waals surface area contributed by atoms with Crippen LogP contribution < -0.4 is 5.32 Å². The Morgan fingerprint density at radius 1 is 1.21 bits per heavy atom. The van der Waals surface area contributed by atoms with Crippen LogP contribution in [0.15, 0.2) is 30.3 Å². The molecule has 1 N–H and O–H groups in total. The first-order chi connectivity index (χ1) is 9.27. The van der Waals surface area contributed by atoms with Crippen LogP contribution >= 0.6 is 0 Å². The van der Waals surface area contributed by atoms with Crippen LogP contribution in [0.4, 0.5) is 0 Å². The molecule has 0 saturated heterocycles. The maximum absolute atomic E-state index is 5.12. The van der Waals surface area contributed by atoms with Crippen molar-refractivity contribution in [3.8, 4) is 0 Å². The largest absolute Gasteiger partial charge is 0.383 e. The maximum atomic E-state index is 5.12. The van der Waals surface area contributed by atoms with Crippen LogP contribution in [-0.4, -0.2) is 26.8 Å². The van der Waals surface area contributed by atoms with Gasteiger partial charge in [0, 0.05) is 25.6 Å². The molecule has 0 unspecified atom stereocenters. The number of benzene rings is 1. The molecule has 1 fully saturated rings. The Kier molecular flexibility index (Phi) is 5.41. The Hall–Kier alpha value is -0.860. The summed E-state index contributed by atoms with van der Waals surface area (Å²) in [5.74, 6) is 0.885. The van der Waals surface area contributed by atoms with Crippen LogP contribution in [0.5, 0.6) is 0 Å². The third-order valence-electron chi connectivity index (χ3n) is 4.56. The third kappa shape index (κ3) is 3.80. The van der Waals surface area contributed by atoms with Gasteiger partial charge in [0.15, 0.2) is 0 Å². The van der Waals surface area contributed by atoms with Gasteiger partial charge in [0.2, 0.25) is 0 Å². The first-order valence-corrected chi connectivity index (χ1v) is 7.52. The predicted octanol–water partition coefficient (Wildman–Crippen LogP) is 3.37. The van der Waals surface area contributed by atoms with E-state index in [1.165, 1.54) is 31.2 Å². The van der Waals surface area contributed by atoms with Crippen LogP contribution in [0, 0.1) is 5.92 Å². The van der Waals surface area contributed by atoms with Gasteiger partial charge in [-0.3, -0.25) is 0 Å². The molecule has 1 aromatic carbocycles. The first kappa shape index (κ1) is 14.5. The molecular weight excluding hydrogens is 234 g/mol. The van der Waals surface area contributed by atoms with E-state index in [-0.39, 0.29) is 0 Å². The Bertz CT molecular complexity index is 355. The van der Waals surface area contributed by atoms with Crippen molar-refractivity contribution in [3.63, 3.8) is 0 Å². The molecule has 0 atom stereocenters. The van der Waals surface area contributed by atoms with Crippen molar-refractivity contribution in [1.82, 2.24) is 5.32 Å². The third-order valence-corrected chi connectivity index (χ3v) is 4.56. The highest BCUT2D eigenvalue weighted by atomic mass is 16.5. The molecule has 1 aliphatic rings. The number of rotatable bonds is 6. The predicted molar refractivity (Wildman–Crippen MR) is 80.5 cm³/mol. The molecule has 0 aliphatic heterocycles. The van der Waals surface area contributed by atoms with Crippen LogP contribution in [-0.2, 0) is 10.2 Å². The summed E-state index contributed by atoms with van der Waals surface area (Å²) >= 11 is 0. The molecule has 0 heterocycles. The zero-order valence-corrected chi connectivity index (χ0v) is 12.3. The summed E-state index contributed by atoms with van der Waals surface area (Å²) in [4.78, 5) is 0. The number of ether oxygens (including phenoxy) is 1. The van der Waals surface area contributed by atoms with Gasteiger partial charge >= 0.3 is 0 Å². The maximum Gasteiger partial charge on any atom is 0.0587 e. The van der Waals surface area contributed by atoms with Crippen LogP contribution in [0.2, 0.25) is 0 Å². The fourth-order valence-electron chi connectivity index (χ4n) is 3.18. The van der Waals surface area contributed by atoms with E-state index in [1.54, 1.807) is 7.11 Å². The molecule has 2 nitrogen and oxygen atoms in total. The standard InChI is InChI=1S/C17H27NO/c1-15-8-10-17(11-9-15,14-18-12-13-19-2)16-6-4-3-5-7-16/h3-7,15,18H,8-14H2,1-2H3. The molecule has 1 aliphatic carbocycles. The van der Waals surface area contributed by atoms with E-state index < -0.39 is 0 Å². The van der Waals surface area contributed by atoms with Crippen molar-refractivity contribution >= 4 is 0 Å². The van der Waals surface area contributed by atoms with Crippen molar-refractivity contribution in [1.29, 1.82) is 0 Å². The van der Waals surface area contributed by atoms with E-state index >= 15 is 0 Å². The lowest BCUT2D eigenvalue weighted by molar-refractivity contribution is 0.187. The lowest BCUT2D eigenvalue weighted by Gasteiger charge is -2.40. The average Bonchev–Trinajstić information content (AvgIpc) is 2.47. The van der Waals surface area contributed by atoms with Gasteiger partial charge in [-0.2, -0.15) is 0 Å². The van der Waals surface area contributed by atoms with Gasteiger partial charge < -0.3 is 10.1 Å². The summed E-state index contributed by atoms with van der Waals surface area (Å²) in [6, 6.07) is 11.1. The minimum absolute atomic E-state index is 0.335. The Labute approximate surface area is 117 Å². The number of hydrogen-bond acceptors (Lipinski definition) is 2. The molecule has 106 valence electrons. The van der Waals surface area contributed by atoms with Crippen molar-refractivity contribution < 1.29 is 4.74 Å². The molecule has 0 radical (unpaired) electrons. The second kappa shape index (κ2) is 7.06. The summed E-state index contributed by atoms with van der Waals surface area (Å²) in [5, 5.41) is 3.59. The van der Waals surface area contributed by atoms with Gasteiger partial charge in [0.05, 0.1) is 6.61 Å². The van der Waals surface area contributed by atoms with Crippen molar-refractivity contribution in [3.05, 3.63) is 35.9 Å². The Balaban J connectivity index is 2.05. The normalized spacial score (nSPS) is 27.4. The average molecular weight is 261 g/mol. The summed E-state index contributed by atoms with van der Waals surface area (Å²) in [6.07, 6.45) is 5.30. The van der Waals surface area contributed by atoms with Crippen LogP contribution in [0.3, 0.4) is 0 Å². The minimum Gasteiger partial charge on any atom is -0.383 e. The highest BCUT2D eigenvalue weighted by molar-refractivity contribution is 5.26. The monoisotopic (exact) mass is 261 g/mol. The highest BCUT2D eigenvalue weighted by Crippen LogP contribution is 2.40. The lowest BCUT2D eigenvalue weighted by atomic mass is 9.67. The molecule has 0 bridgehead atoms. The molecule has 2 rings (SSSR count). The molecule has 2 heteroatoms. The molecule has 1 aromatic rings. The van der Waals surface area contributed by atoms with Gasteiger partial charge in [-0.05, 0) is 37.2 Å². The summed E-state index contributed by atoms with van der Waals surface area (Å²) < 4.78 is 5.12. The zero-order valence-electron chi connectivity index (χ0n) is 12.3. The van der Waals surface area contributed by atoms with Crippen LogP contribution in [0.25, 0.3) is 0 Å². The Morgan fingerprint density at radius 3 is 2.53 bits per heavy atom. The fraction of sp³-hybridized carbons (Fsp3) is 0.647. The van der Waals surface area contributed by atoms with Crippen LogP contribution in [0.1, 0.15) is 38.2 Å². The van der Waals surface area contributed by atoms with Gasteiger partial charge in [-0.15, -0.1) is 0 Å². The van der Waals surface area contributed by atoms with Gasteiger partial charge in [-0.25, -0.2) is 0 Å². The van der Waals surface area contributed by atoms with Gasteiger partial charge in [0.25, 0.3) is 0 Å². The van der Waals surface area contributed by atoms with E-state index in [0.717, 1.165) is 25.6 Å². The van der Waals surface area contributed by atoms with Crippen molar-refractivity contribution in [2.75, 3.05) is 26.8 Å². The number of hydrogen-bond donors (Lipinski definition) is 1. The van der Waals surface area contributed by atoms with E-state index in [2.05, 4.69) is 42.6 Å². The van der Waals surface area contributed by atoms with Gasteiger partial charge in [-0.1, -0.05) is 37.3 Å². The second-order valence-electron chi connectivity index (χ2n) is 6.00. The lowest BCUT2D eigenvalue weighted by Crippen LogP contribution is -2.42. The SMILES string of the molecule is COCCNCC1(c2ccccc2)CCC(C)CC1. The highest BCUT2D eigenvalue weighted by Gasteiger charge is 2.35. The second-order valence-corrected chi connectivity index (χ2v) is 6.00. The quantitative estimate of drug-likeness (QED) is 0.793. The van der Waals surface area contributed by atoms with E-state index in [9.17, 15) is 0 Å². The minimum atomic E-state index is 0.335. The fourth-order valence-corrected chi connectivity index (χ4v) is 3.18. The van der Waals surface area contributed by atoms with Gasteiger partial charge in [0.1, 0.15) is 0 Å². The molecule has 0 aromatic heterocycles. The first-order valence-electron chi connectivity index (χ1n) is 7.52. The topological polar surface area (TPSA) is 21.3 Å². The van der Waals surface area contributed by atoms with E-state index in [1.807, 2.05) is 0 Å². The molecule has 19 heavy (non-hydrogen) atoms. The number of nitrogens with one attached hydrogen (secondary N) is 1. The van der Waals surface area contributed by atoms with Crippen molar-refractivity contribution in [2.45, 2.75) is 38.0 Å². The molecule has 1 saturated carbocycles. The summed E-state index contributed by atoms with van der Waals surface area (Å²) in [7, 11) is 1.76. The summed E-state index contributed by atoms with van der Waals surface area (Å²) in [6.45, 7) is 5.20.